The van der Waals surface area contributed by atoms with Gasteiger partial charge >= 0.3 is 0 Å². The average molecular weight is 364 g/mol. The minimum atomic E-state index is -0.489. The lowest BCUT2D eigenvalue weighted by Crippen LogP contribution is -2.03. The van der Waals surface area contributed by atoms with E-state index in [1.165, 1.54) is 30.7 Å². The molecule has 0 radical (unpaired) electrons. The molecule has 0 aliphatic heterocycles. The Labute approximate surface area is 153 Å². The third-order valence-electron chi connectivity index (χ3n) is 3.92. The van der Waals surface area contributed by atoms with Gasteiger partial charge in [0.15, 0.2) is 11.6 Å². The van der Waals surface area contributed by atoms with Gasteiger partial charge in [0.2, 0.25) is 0 Å². The molecule has 2 aromatic carbocycles. The molecule has 0 spiro atoms. The SMILES string of the molecule is Fc1ccc2ncnc(NCc3ccc(Oc4cccnc4)c(F)c3)c2c1. The van der Waals surface area contributed by atoms with Crippen LogP contribution in [0.2, 0.25) is 0 Å². The number of nitrogens with zero attached hydrogens (tertiary/aromatic N) is 3. The Bertz CT molecular complexity index is 1090. The first-order chi connectivity index (χ1) is 13.2. The number of fused-ring (bicyclic) bond motifs is 1. The normalized spacial score (nSPS) is 10.7. The van der Waals surface area contributed by atoms with Crippen molar-refractivity contribution >= 4 is 16.7 Å². The summed E-state index contributed by atoms with van der Waals surface area (Å²) in [7, 11) is 0. The van der Waals surface area contributed by atoms with Crippen molar-refractivity contribution in [2.45, 2.75) is 6.54 Å². The molecule has 2 heterocycles. The topological polar surface area (TPSA) is 59.9 Å². The van der Waals surface area contributed by atoms with Gasteiger partial charge in [-0.3, -0.25) is 4.98 Å². The standard InChI is InChI=1S/C20H14F2N4O/c21-14-4-5-18-16(9-14)20(26-12-25-18)24-10-13-3-6-19(17(22)8-13)27-15-2-1-7-23-11-15/h1-9,11-12H,10H2,(H,24,25,26). The molecule has 4 aromatic rings. The molecule has 0 aliphatic carbocycles. The van der Waals surface area contributed by atoms with Crippen molar-refractivity contribution in [3.8, 4) is 11.5 Å². The van der Waals surface area contributed by atoms with E-state index in [0.29, 0.717) is 34.6 Å². The molecule has 27 heavy (non-hydrogen) atoms. The molecule has 5 nitrogen and oxygen atoms in total. The number of ether oxygens (including phenoxy) is 1. The number of halogens is 2. The summed E-state index contributed by atoms with van der Waals surface area (Å²) in [6, 6.07) is 12.4. The van der Waals surface area contributed by atoms with E-state index in [1.807, 2.05) is 0 Å². The highest BCUT2D eigenvalue weighted by atomic mass is 19.1. The number of anilines is 1. The Hall–Kier alpha value is -3.61. The molecule has 0 amide bonds. The number of hydrogen-bond donors (Lipinski definition) is 1. The highest BCUT2D eigenvalue weighted by Crippen LogP contribution is 2.25. The van der Waals surface area contributed by atoms with Gasteiger partial charge in [0.05, 0.1) is 11.7 Å². The number of rotatable bonds is 5. The molecular weight excluding hydrogens is 350 g/mol. The van der Waals surface area contributed by atoms with E-state index >= 15 is 0 Å². The number of pyridine rings is 1. The van der Waals surface area contributed by atoms with E-state index in [-0.39, 0.29) is 11.6 Å². The number of nitrogens with one attached hydrogen (secondary N) is 1. The summed E-state index contributed by atoms with van der Waals surface area (Å²) in [5, 5.41) is 3.66. The molecule has 0 unspecified atom stereocenters. The number of benzene rings is 2. The fourth-order valence-electron chi connectivity index (χ4n) is 2.63. The van der Waals surface area contributed by atoms with Gasteiger partial charge in [0, 0.05) is 18.1 Å². The van der Waals surface area contributed by atoms with Crippen molar-refractivity contribution in [2.24, 2.45) is 0 Å². The van der Waals surface area contributed by atoms with Gasteiger partial charge in [-0.1, -0.05) is 6.07 Å². The summed E-state index contributed by atoms with van der Waals surface area (Å²) < 4.78 is 33.3. The molecule has 7 heteroatoms. The first-order valence-corrected chi connectivity index (χ1v) is 8.19. The molecule has 0 saturated carbocycles. The van der Waals surface area contributed by atoms with E-state index in [1.54, 1.807) is 36.5 Å². The highest BCUT2D eigenvalue weighted by Gasteiger charge is 2.08. The summed E-state index contributed by atoms with van der Waals surface area (Å²) >= 11 is 0. The lowest BCUT2D eigenvalue weighted by molar-refractivity contribution is 0.440. The maximum atomic E-state index is 14.3. The van der Waals surface area contributed by atoms with Crippen LogP contribution in [0.4, 0.5) is 14.6 Å². The lowest BCUT2D eigenvalue weighted by Gasteiger charge is -2.10. The Morgan fingerprint density at radius 3 is 2.74 bits per heavy atom. The second-order valence-electron chi connectivity index (χ2n) is 5.79. The summed E-state index contributed by atoms with van der Waals surface area (Å²) in [4.78, 5) is 12.2. The van der Waals surface area contributed by atoms with Crippen molar-refractivity contribution in [1.82, 2.24) is 15.0 Å². The Kier molecular flexibility index (Phi) is 4.57. The van der Waals surface area contributed by atoms with Crippen LogP contribution in [0.25, 0.3) is 10.9 Å². The smallest absolute Gasteiger partial charge is 0.166 e. The molecule has 0 atom stereocenters. The molecule has 134 valence electrons. The fraction of sp³-hybridized carbons (Fsp3) is 0.0500. The first-order valence-electron chi connectivity index (χ1n) is 8.19. The summed E-state index contributed by atoms with van der Waals surface area (Å²) in [5.41, 5.74) is 1.31. The second kappa shape index (κ2) is 7.33. The monoisotopic (exact) mass is 364 g/mol. The van der Waals surface area contributed by atoms with Crippen LogP contribution in [0.15, 0.2) is 67.3 Å². The second-order valence-corrected chi connectivity index (χ2v) is 5.79. The van der Waals surface area contributed by atoms with E-state index in [2.05, 4.69) is 20.3 Å². The highest BCUT2D eigenvalue weighted by molar-refractivity contribution is 5.88. The van der Waals surface area contributed by atoms with Gasteiger partial charge in [0.1, 0.15) is 23.7 Å². The van der Waals surface area contributed by atoms with Crippen LogP contribution in [0.1, 0.15) is 5.56 Å². The van der Waals surface area contributed by atoms with Crippen molar-refractivity contribution in [3.05, 3.63) is 84.4 Å². The Balaban J connectivity index is 1.51. The predicted octanol–water partition coefficient (Wildman–Crippen LogP) is 4.71. The quantitative estimate of drug-likeness (QED) is 0.556. The molecule has 4 rings (SSSR count). The minimum absolute atomic E-state index is 0.112. The van der Waals surface area contributed by atoms with Gasteiger partial charge in [0.25, 0.3) is 0 Å². The molecule has 0 fully saturated rings. The van der Waals surface area contributed by atoms with Gasteiger partial charge in [-0.05, 0) is 48.0 Å². The van der Waals surface area contributed by atoms with E-state index in [9.17, 15) is 8.78 Å². The van der Waals surface area contributed by atoms with Crippen molar-refractivity contribution in [3.63, 3.8) is 0 Å². The molecular formula is C20H14F2N4O. The Morgan fingerprint density at radius 1 is 1.00 bits per heavy atom. The van der Waals surface area contributed by atoms with E-state index < -0.39 is 5.82 Å². The summed E-state index contributed by atoms with van der Waals surface area (Å²) in [6.45, 7) is 0.312. The first kappa shape index (κ1) is 16.8. The maximum Gasteiger partial charge on any atom is 0.166 e. The lowest BCUT2D eigenvalue weighted by atomic mass is 10.2. The molecule has 1 N–H and O–H groups in total. The molecule has 0 aliphatic rings. The van der Waals surface area contributed by atoms with Crippen molar-refractivity contribution < 1.29 is 13.5 Å². The van der Waals surface area contributed by atoms with Crippen LogP contribution in [0, 0.1) is 11.6 Å². The van der Waals surface area contributed by atoms with Gasteiger partial charge in [-0.15, -0.1) is 0 Å². The zero-order chi connectivity index (χ0) is 18.6. The molecule has 0 saturated heterocycles. The third kappa shape index (κ3) is 3.82. The molecule has 2 aromatic heterocycles. The molecule has 0 bridgehead atoms. The van der Waals surface area contributed by atoms with Gasteiger partial charge < -0.3 is 10.1 Å². The Morgan fingerprint density at radius 2 is 1.93 bits per heavy atom. The van der Waals surface area contributed by atoms with Crippen LogP contribution < -0.4 is 10.1 Å². The zero-order valence-electron chi connectivity index (χ0n) is 14.1. The van der Waals surface area contributed by atoms with Crippen molar-refractivity contribution in [1.29, 1.82) is 0 Å². The van der Waals surface area contributed by atoms with Crippen LogP contribution in [0.5, 0.6) is 11.5 Å². The predicted molar refractivity (Wildman–Crippen MR) is 97.5 cm³/mol. The summed E-state index contributed by atoms with van der Waals surface area (Å²) in [6.07, 6.45) is 4.52. The summed E-state index contributed by atoms with van der Waals surface area (Å²) in [5.74, 6) is 0.189. The number of aromatic nitrogens is 3. The maximum absolute atomic E-state index is 14.3. The van der Waals surface area contributed by atoms with Crippen LogP contribution in [0.3, 0.4) is 0 Å². The average Bonchev–Trinajstić information content (AvgIpc) is 2.69. The van der Waals surface area contributed by atoms with E-state index in [4.69, 9.17) is 4.74 Å². The zero-order valence-corrected chi connectivity index (χ0v) is 14.1. The largest absolute Gasteiger partial charge is 0.453 e. The van der Waals surface area contributed by atoms with Crippen LogP contribution >= 0.6 is 0 Å². The van der Waals surface area contributed by atoms with Crippen molar-refractivity contribution in [2.75, 3.05) is 5.32 Å². The van der Waals surface area contributed by atoms with Crippen LogP contribution in [-0.4, -0.2) is 15.0 Å². The fourth-order valence-corrected chi connectivity index (χ4v) is 2.63. The van der Waals surface area contributed by atoms with Crippen LogP contribution in [-0.2, 0) is 6.54 Å². The van der Waals surface area contributed by atoms with Gasteiger partial charge in [-0.2, -0.15) is 0 Å². The third-order valence-corrected chi connectivity index (χ3v) is 3.92. The van der Waals surface area contributed by atoms with E-state index in [0.717, 1.165) is 0 Å². The number of hydrogen-bond acceptors (Lipinski definition) is 5. The minimum Gasteiger partial charge on any atom is -0.453 e. The van der Waals surface area contributed by atoms with Gasteiger partial charge in [-0.25, -0.2) is 18.7 Å².